The summed E-state index contributed by atoms with van der Waals surface area (Å²) in [6.45, 7) is -0.0648. The second-order valence-electron chi connectivity index (χ2n) is 8.33. The summed E-state index contributed by atoms with van der Waals surface area (Å²) in [5, 5.41) is 0.739. The Morgan fingerprint density at radius 3 is 2.76 bits per heavy atom. The third-order valence-corrected chi connectivity index (χ3v) is 5.94. The van der Waals surface area contributed by atoms with Crippen molar-refractivity contribution in [3.63, 3.8) is 0 Å². The summed E-state index contributed by atoms with van der Waals surface area (Å²) in [5.74, 6) is 0.702. The number of aromatic nitrogens is 1. The highest BCUT2D eigenvalue weighted by Gasteiger charge is 2.26. The normalized spacial score (nSPS) is 15.4. The molecule has 0 bridgehead atoms. The minimum atomic E-state index is -0.496. The molecule has 0 saturated heterocycles. The number of carbonyl (C=O) groups excluding carboxylic acids is 2. The van der Waals surface area contributed by atoms with Gasteiger partial charge < -0.3 is 19.1 Å². The Morgan fingerprint density at radius 2 is 1.91 bits per heavy atom. The van der Waals surface area contributed by atoms with Gasteiger partial charge in [-0.05, 0) is 60.2 Å². The Kier molecular flexibility index (Phi) is 5.46. The largest absolute Gasteiger partial charge is 0.454 e. The number of allylic oxidation sites excluding steroid dienone is 1. The first-order valence-corrected chi connectivity index (χ1v) is 10.9. The smallest absolute Gasteiger partial charge is 0.339 e. The van der Waals surface area contributed by atoms with Gasteiger partial charge in [0.25, 0.3) is 5.91 Å². The molecular weight excluding hydrogens is 420 g/mol. The molecule has 2 aliphatic rings. The molecule has 2 aromatic carbocycles. The Labute approximate surface area is 191 Å². The van der Waals surface area contributed by atoms with Crippen LogP contribution in [0.5, 0.6) is 11.5 Å². The van der Waals surface area contributed by atoms with Gasteiger partial charge >= 0.3 is 5.97 Å². The number of amides is 1. The molecule has 2 heterocycles. The van der Waals surface area contributed by atoms with Crippen LogP contribution in [0.2, 0.25) is 0 Å². The van der Waals surface area contributed by atoms with E-state index < -0.39 is 5.97 Å². The molecule has 1 aliphatic heterocycles. The predicted molar refractivity (Wildman–Crippen MR) is 124 cm³/mol. The first-order valence-electron chi connectivity index (χ1n) is 10.9. The lowest BCUT2D eigenvalue weighted by atomic mass is 9.86. The molecule has 0 spiro atoms. The van der Waals surface area contributed by atoms with Gasteiger partial charge in [-0.15, -0.1) is 0 Å². The second kappa shape index (κ2) is 8.58. The topological polar surface area (TPSA) is 78.0 Å². The Morgan fingerprint density at radius 1 is 1.09 bits per heavy atom. The summed E-state index contributed by atoms with van der Waals surface area (Å²) in [6.07, 6.45) is 4.55. The highest BCUT2D eigenvalue weighted by atomic mass is 16.7. The Bertz CT molecular complexity index is 1300. The van der Waals surface area contributed by atoms with Crippen molar-refractivity contribution in [3.8, 4) is 11.5 Å². The third kappa shape index (κ3) is 4.02. The fourth-order valence-electron chi connectivity index (χ4n) is 4.24. The highest BCUT2D eigenvalue weighted by molar-refractivity contribution is 6.07. The van der Waals surface area contributed by atoms with Crippen LogP contribution in [0.15, 0.2) is 42.5 Å². The molecule has 0 unspecified atom stereocenters. The zero-order valence-electron chi connectivity index (χ0n) is 18.6. The molecule has 0 radical (unpaired) electrons. The number of ether oxygens (including phenoxy) is 3. The summed E-state index contributed by atoms with van der Waals surface area (Å²) in [7, 11) is 3.26. The molecule has 0 fully saturated rings. The fourth-order valence-corrected chi connectivity index (χ4v) is 4.24. The zero-order valence-corrected chi connectivity index (χ0v) is 18.6. The zero-order chi connectivity index (χ0) is 22.9. The molecule has 3 aromatic rings. The number of nitrogens with zero attached hydrogens (tertiary/aromatic N) is 2. The van der Waals surface area contributed by atoms with Crippen LogP contribution >= 0.6 is 0 Å². The molecule has 0 N–H and O–H groups in total. The second-order valence-corrected chi connectivity index (χ2v) is 8.33. The third-order valence-electron chi connectivity index (χ3n) is 5.94. The summed E-state index contributed by atoms with van der Waals surface area (Å²) in [6, 6.07) is 13.4. The van der Waals surface area contributed by atoms with Crippen molar-refractivity contribution in [1.29, 1.82) is 0 Å². The molecule has 1 aromatic heterocycles. The van der Waals surface area contributed by atoms with Crippen molar-refractivity contribution in [2.45, 2.75) is 19.3 Å². The Hall–Kier alpha value is -3.87. The molecule has 168 valence electrons. The standard InChI is InChI=1S/C26H24N2O5/c1-28(2)23(29)14-31-26(30)24-18-7-3-4-9-20(18)27-25-17(6-5-8-19(24)25)12-16-10-11-21-22(13-16)33-15-32-21/h3-4,7,9-13H,5-6,8,14-15H2,1-2H3/b17-12-. The molecular formula is C26H24N2O5. The van der Waals surface area contributed by atoms with E-state index in [2.05, 4.69) is 6.08 Å². The number of pyridine rings is 1. The van der Waals surface area contributed by atoms with Crippen LogP contribution in [-0.4, -0.2) is 49.3 Å². The van der Waals surface area contributed by atoms with E-state index in [1.165, 1.54) is 4.90 Å². The summed E-state index contributed by atoms with van der Waals surface area (Å²) in [5.41, 5.74) is 4.94. The van der Waals surface area contributed by atoms with E-state index >= 15 is 0 Å². The van der Waals surface area contributed by atoms with Crippen molar-refractivity contribution in [2.75, 3.05) is 27.5 Å². The SMILES string of the molecule is CN(C)C(=O)COC(=O)c1c2c(nc3ccccc13)/C(=C\c1ccc3c(c1)OCO3)CCC2. The van der Waals surface area contributed by atoms with Crippen molar-refractivity contribution < 1.29 is 23.8 Å². The lowest BCUT2D eigenvalue weighted by Crippen LogP contribution is -2.28. The molecule has 0 atom stereocenters. The monoisotopic (exact) mass is 444 g/mol. The summed E-state index contributed by atoms with van der Waals surface area (Å²) in [4.78, 5) is 31.5. The van der Waals surface area contributed by atoms with Gasteiger partial charge in [-0.2, -0.15) is 0 Å². The van der Waals surface area contributed by atoms with Crippen LogP contribution in [-0.2, 0) is 16.0 Å². The lowest BCUT2D eigenvalue weighted by Gasteiger charge is -2.22. The van der Waals surface area contributed by atoms with E-state index in [0.29, 0.717) is 5.56 Å². The molecule has 0 saturated carbocycles. The maximum Gasteiger partial charge on any atom is 0.339 e. The van der Waals surface area contributed by atoms with Gasteiger partial charge in [-0.25, -0.2) is 9.78 Å². The first-order chi connectivity index (χ1) is 16.0. The molecule has 7 nitrogen and oxygen atoms in total. The Balaban J connectivity index is 1.58. The average molecular weight is 444 g/mol. The van der Waals surface area contributed by atoms with E-state index in [-0.39, 0.29) is 19.3 Å². The average Bonchev–Trinajstić information content (AvgIpc) is 3.29. The molecule has 1 amide bonds. The van der Waals surface area contributed by atoms with Crippen molar-refractivity contribution in [3.05, 3.63) is 64.8 Å². The van der Waals surface area contributed by atoms with Crippen LogP contribution in [0.3, 0.4) is 0 Å². The van der Waals surface area contributed by atoms with Crippen LogP contribution in [0.25, 0.3) is 22.6 Å². The van der Waals surface area contributed by atoms with Crippen molar-refractivity contribution >= 4 is 34.4 Å². The summed E-state index contributed by atoms with van der Waals surface area (Å²) < 4.78 is 16.3. The molecule has 7 heteroatoms. The number of hydrogen-bond donors (Lipinski definition) is 0. The fraction of sp³-hybridized carbons (Fsp3) is 0.269. The predicted octanol–water partition coefficient (Wildman–Crippen LogP) is 4.09. The lowest BCUT2D eigenvalue weighted by molar-refractivity contribution is -0.131. The van der Waals surface area contributed by atoms with E-state index in [9.17, 15) is 9.59 Å². The van der Waals surface area contributed by atoms with E-state index in [0.717, 1.165) is 64.1 Å². The van der Waals surface area contributed by atoms with Crippen LogP contribution in [0.1, 0.15) is 40.0 Å². The van der Waals surface area contributed by atoms with E-state index in [1.54, 1.807) is 14.1 Å². The van der Waals surface area contributed by atoms with E-state index in [1.807, 2.05) is 42.5 Å². The number of para-hydroxylation sites is 1. The minimum absolute atomic E-state index is 0.230. The highest BCUT2D eigenvalue weighted by Crippen LogP contribution is 2.38. The van der Waals surface area contributed by atoms with Gasteiger partial charge in [-0.1, -0.05) is 24.3 Å². The van der Waals surface area contributed by atoms with Gasteiger partial charge in [0.1, 0.15) is 0 Å². The van der Waals surface area contributed by atoms with Gasteiger partial charge in [0, 0.05) is 19.5 Å². The number of carbonyl (C=O) groups is 2. The van der Waals surface area contributed by atoms with Gasteiger partial charge in [0.2, 0.25) is 6.79 Å². The van der Waals surface area contributed by atoms with Gasteiger partial charge in [0.05, 0.1) is 16.8 Å². The molecule has 1 aliphatic carbocycles. The van der Waals surface area contributed by atoms with Gasteiger partial charge in [0.15, 0.2) is 18.1 Å². The van der Waals surface area contributed by atoms with Crippen LogP contribution < -0.4 is 9.47 Å². The number of rotatable bonds is 4. The maximum absolute atomic E-state index is 13.2. The first kappa shape index (κ1) is 21.0. The molecule has 5 rings (SSSR count). The van der Waals surface area contributed by atoms with Crippen molar-refractivity contribution in [1.82, 2.24) is 9.88 Å². The van der Waals surface area contributed by atoms with Gasteiger partial charge in [-0.3, -0.25) is 4.79 Å². The summed E-state index contributed by atoms with van der Waals surface area (Å²) >= 11 is 0. The minimum Gasteiger partial charge on any atom is -0.454 e. The maximum atomic E-state index is 13.2. The number of hydrogen-bond acceptors (Lipinski definition) is 6. The number of esters is 1. The van der Waals surface area contributed by atoms with Crippen molar-refractivity contribution in [2.24, 2.45) is 0 Å². The number of likely N-dealkylation sites (N-methyl/N-ethyl adjacent to an activating group) is 1. The number of benzene rings is 2. The van der Waals surface area contributed by atoms with Crippen LogP contribution in [0, 0.1) is 0 Å². The molecule has 33 heavy (non-hydrogen) atoms. The number of fused-ring (bicyclic) bond motifs is 3. The van der Waals surface area contributed by atoms with E-state index in [4.69, 9.17) is 19.2 Å². The van der Waals surface area contributed by atoms with Crippen LogP contribution in [0.4, 0.5) is 0 Å². The quantitative estimate of drug-likeness (QED) is 0.564.